The summed E-state index contributed by atoms with van der Waals surface area (Å²) in [4.78, 5) is 36.8. The average Bonchev–Trinajstić information content (AvgIpc) is 3.02. The summed E-state index contributed by atoms with van der Waals surface area (Å²) in [6.45, 7) is 2.73. The predicted octanol–water partition coefficient (Wildman–Crippen LogP) is 1.33. The van der Waals surface area contributed by atoms with E-state index in [1.807, 2.05) is 6.92 Å². The van der Waals surface area contributed by atoms with Crippen molar-refractivity contribution in [3.05, 3.63) is 23.8 Å². The Morgan fingerprint density at radius 2 is 1.97 bits per heavy atom. The van der Waals surface area contributed by atoms with Crippen molar-refractivity contribution in [2.45, 2.75) is 63.8 Å². The smallest absolute Gasteiger partial charge is 0.307 e. The second-order valence-corrected chi connectivity index (χ2v) is 12.4. The van der Waals surface area contributed by atoms with Crippen LogP contribution >= 0.6 is 0 Å². The highest BCUT2D eigenvalue weighted by atomic mass is 32.2. The molecule has 8 atom stereocenters. The number of esters is 1. The summed E-state index contributed by atoms with van der Waals surface area (Å²) in [6.07, 6.45) is 1.96. The zero-order chi connectivity index (χ0) is 26.0. The van der Waals surface area contributed by atoms with Gasteiger partial charge in [-0.3, -0.25) is 18.9 Å². The highest BCUT2D eigenvalue weighted by Crippen LogP contribution is 2.67. The van der Waals surface area contributed by atoms with Gasteiger partial charge in [-0.1, -0.05) is 19.9 Å². The minimum atomic E-state index is -4.37. The predicted molar refractivity (Wildman–Crippen MR) is 120 cm³/mol. The van der Waals surface area contributed by atoms with Crippen LogP contribution in [0.15, 0.2) is 23.8 Å². The zero-order valence-corrected chi connectivity index (χ0v) is 20.5. The monoisotopic (exact) mass is 514 g/mol. The molecule has 0 aromatic carbocycles. The third-order valence-electron chi connectivity index (χ3n) is 9.02. The molecule has 0 aromatic rings. The number of ether oxygens (including phenoxy) is 1. The number of alkyl halides is 1. The number of hydrogen-bond donors (Lipinski definition) is 3. The number of rotatable bonds is 6. The molecule has 0 aromatic heterocycles. The van der Waals surface area contributed by atoms with Gasteiger partial charge in [-0.25, -0.2) is 4.39 Å². The molecular weight excluding hydrogens is 483 g/mol. The van der Waals surface area contributed by atoms with Crippen molar-refractivity contribution in [3.8, 4) is 0 Å². The van der Waals surface area contributed by atoms with Crippen LogP contribution in [0.1, 0.15) is 46.0 Å². The standard InChI is InChI=1S/C24H31FO9S/c1-22-6-3-13(26)9-16(22)17(25)10-14-15-4-7-24(30,23(15,2)11-18(27)21(14)22)19(28)12-34-20(29)5-8-35(31,32)33/h3,6,9,14-15,17-18,21,27,30H,4-5,7-8,10-12H2,1-2H3,(H,31,32,33)/t14-,15-,17?,18?,21+,22-,23-,24-/m0/s1. The molecule has 194 valence electrons. The summed E-state index contributed by atoms with van der Waals surface area (Å²) >= 11 is 0. The van der Waals surface area contributed by atoms with Gasteiger partial charge in [0.15, 0.2) is 12.4 Å². The van der Waals surface area contributed by atoms with E-state index in [4.69, 9.17) is 9.29 Å². The van der Waals surface area contributed by atoms with Crippen molar-refractivity contribution in [1.82, 2.24) is 0 Å². The fourth-order valence-electron chi connectivity index (χ4n) is 7.35. The number of hydrogen-bond acceptors (Lipinski definition) is 8. The molecule has 4 rings (SSSR count). The van der Waals surface area contributed by atoms with Gasteiger partial charge < -0.3 is 14.9 Å². The van der Waals surface area contributed by atoms with Crippen molar-refractivity contribution in [2.75, 3.05) is 12.4 Å². The molecule has 11 heteroatoms. The summed E-state index contributed by atoms with van der Waals surface area (Å²) in [5.74, 6) is -3.95. The Morgan fingerprint density at radius 3 is 2.63 bits per heavy atom. The molecule has 0 saturated heterocycles. The Balaban J connectivity index is 1.55. The third kappa shape index (κ3) is 4.20. The van der Waals surface area contributed by atoms with Gasteiger partial charge in [-0.15, -0.1) is 0 Å². The first-order chi connectivity index (χ1) is 16.1. The molecule has 0 spiro atoms. The lowest BCUT2D eigenvalue weighted by molar-refractivity contribution is -0.183. The molecule has 35 heavy (non-hydrogen) atoms. The molecule has 9 nitrogen and oxygen atoms in total. The van der Waals surface area contributed by atoms with Crippen LogP contribution in [0.5, 0.6) is 0 Å². The number of fused-ring (bicyclic) bond motifs is 5. The first-order valence-electron chi connectivity index (χ1n) is 11.8. The Kier molecular flexibility index (Phi) is 6.40. The van der Waals surface area contributed by atoms with E-state index in [1.165, 1.54) is 12.2 Å². The van der Waals surface area contributed by atoms with Crippen molar-refractivity contribution in [2.24, 2.45) is 28.6 Å². The number of carbonyl (C=O) groups is 3. The van der Waals surface area contributed by atoms with E-state index >= 15 is 4.39 Å². The highest BCUT2D eigenvalue weighted by Gasteiger charge is 2.69. The van der Waals surface area contributed by atoms with Crippen LogP contribution in [0.2, 0.25) is 0 Å². The lowest BCUT2D eigenvalue weighted by Gasteiger charge is -2.60. The Labute approximate surface area is 203 Å². The van der Waals surface area contributed by atoms with Crippen LogP contribution in [0, 0.1) is 28.6 Å². The number of allylic oxidation sites excluding steroid dienone is 4. The minimum Gasteiger partial charge on any atom is -0.458 e. The van der Waals surface area contributed by atoms with Crippen LogP contribution in [-0.2, 0) is 29.2 Å². The highest BCUT2D eigenvalue weighted by molar-refractivity contribution is 7.85. The maximum atomic E-state index is 15.4. The number of carbonyl (C=O) groups excluding carboxylic acids is 3. The van der Waals surface area contributed by atoms with Crippen molar-refractivity contribution in [1.29, 1.82) is 0 Å². The number of ketones is 2. The molecular formula is C24H31FO9S. The van der Waals surface area contributed by atoms with Gasteiger partial charge in [0, 0.05) is 16.7 Å². The average molecular weight is 515 g/mol. The number of aliphatic hydroxyl groups excluding tert-OH is 1. The zero-order valence-electron chi connectivity index (χ0n) is 19.6. The topological polar surface area (TPSA) is 155 Å². The maximum absolute atomic E-state index is 15.4. The van der Waals surface area contributed by atoms with Gasteiger partial charge in [0.1, 0.15) is 11.8 Å². The summed E-state index contributed by atoms with van der Waals surface area (Å²) < 4.78 is 50.5. The summed E-state index contributed by atoms with van der Waals surface area (Å²) in [5.41, 5.74) is -3.52. The normalized spacial score (nSPS) is 42.5. The second-order valence-electron chi connectivity index (χ2n) is 10.8. The van der Waals surface area contributed by atoms with E-state index in [0.717, 1.165) is 0 Å². The number of halogens is 1. The lowest BCUT2D eigenvalue weighted by atomic mass is 9.46. The molecule has 2 unspecified atom stereocenters. The summed E-state index contributed by atoms with van der Waals surface area (Å²) in [7, 11) is -4.37. The fraction of sp³-hybridized carbons (Fsp3) is 0.708. The molecule has 0 radical (unpaired) electrons. The molecule has 4 aliphatic rings. The van der Waals surface area contributed by atoms with Crippen LogP contribution in [-0.4, -0.2) is 71.0 Å². The lowest BCUT2D eigenvalue weighted by Crippen LogP contribution is -2.62. The third-order valence-corrected chi connectivity index (χ3v) is 9.74. The fourth-order valence-corrected chi connectivity index (χ4v) is 7.77. The van der Waals surface area contributed by atoms with E-state index in [9.17, 15) is 33.0 Å². The molecule has 0 aliphatic heterocycles. The Morgan fingerprint density at radius 1 is 1.29 bits per heavy atom. The van der Waals surface area contributed by atoms with Crippen LogP contribution in [0.3, 0.4) is 0 Å². The molecule has 3 N–H and O–H groups in total. The largest absolute Gasteiger partial charge is 0.458 e. The Hall–Kier alpha value is -1.95. The van der Waals surface area contributed by atoms with Gasteiger partial charge in [0.25, 0.3) is 10.1 Å². The molecule has 3 saturated carbocycles. The van der Waals surface area contributed by atoms with Crippen molar-refractivity contribution < 1.29 is 46.7 Å². The van der Waals surface area contributed by atoms with E-state index in [1.54, 1.807) is 13.0 Å². The van der Waals surface area contributed by atoms with Gasteiger partial charge in [0.05, 0.1) is 18.3 Å². The first-order valence-corrected chi connectivity index (χ1v) is 13.4. The van der Waals surface area contributed by atoms with Crippen LogP contribution < -0.4 is 0 Å². The molecule has 4 aliphatic carbocycles. The maximum Gasteiger partial charge on any atom is 0.307 e. The molecule has 3 fully saturated rings. The van der Waals surface area contributed by atoms with E-state index in [2.05, 4.69) is 0 Å². The second kappa shape index (κ2) is 8.57. The SMILES string of the molecule is C[C@]12C=CC(=O)C=C1C(F)C[C@@H]1[C@@H]2C(O)C[C@@]2(C)[C@H]1CC[C@]2(O)C(=O)COC(=O)CCS(=O)(=O)O. The number of aliphatic hydroxyl groups is 2. The van der Waals surface area contributed by atoms with Gasteiger partial charge >= 0.3 is 5.97 Å². The van der Waals surface area contributed by atoms with Crippen molar-refractivity contribution in [3.63, 3.8) is 0 Å². The van der Waals surface area contributed by atoms with Crippen LogP contribution in [0.4, 0.5) is 4.39 Å². The minimum absolute atomic E-state index is 0.0518. The summed E-state index contributed by atoms with van der Waals surface area (Å²) in [6, 6.07) is 0. The van der Waals surface area contributed by atoms with E-state index in [-0.39, 0.29) is 42.8 Å². The van der Waals surface area contributed by atoms with Crippen molar-refractivity contribution >= 4 is 27.7 Å². The van der Waals surface area contributed by atoms with Gasteiger partial charge in [-0.05, 0) is 55.2 Å². The molecule has 0 bridgehead atoms. The first kappa shape index (κ1) is 26.1. The molecule has 0 amide bonds. The van der Waals surface area contributed by atoms with E-state index < -0.39 is 69.4 Å². The van der Waals surface area contributed by atoms with Crippen LogP contribution in [0.25, 0.3) is 0 Å². The number of Topliss-reactive ketones (excluding diaryl/α,β-unsaturated/α-hetero) is 1. The quantitative estimate of drug-likeness (QED) is 0.352. The molecule has 0 heterocycles. The van der Waals surface area contributed by atoms with E-state index in [0.29, 0.717) is 12.0 Å². The summed E-state index contributed by atoms with van der Waals surface area (Å²) in [5, 5.41) is 22.8. The van der Waals surface area contributed by atoms with Gasteiger partial charge in [-0.2, -0.15) is 8.42 Å². The Bertz CT molecular complexity index is 1110. The van der Waals surface area contributed by atoms with Gasteiger partial charge in [0.2, 0.25) is 5.78 Å².